The van der Waals surface area contributed by atoms with Crippen LogP contribution in [0.5, 0.6) is 0 Å². The number of rotatable bonds is 3. The molecular weight excluding hydrogens is 294 g/mol. The molecule has 1 aromatic heterocycles. The maximum atomic E-state index is 6.19. The van der Waals surface area contributed by atoms with Crippen molar-refractivity contribution in [3.63, 3.8) is 0 Å². The third-order valence-electron chi connectivity index (χ3n) is 3.98. The van der Waals surface area contributed by atoms with Crippen molar-refractivity contribution in [3.8, 4) is 34.0 Å². The van der Waals surface area contributed by atoms with Crippen molar-refractivity contribution in [3.05, 3.63) is 90.5 Å². The molecule has 0 aliphatic heterocycles. The van der Waals surface area contributed by atoms with Gasteiger partial charge in [0, 0.05) is 16.7 Å². The maximum Gasteiger partial charge on any atom is 0.227 e. The lowest BCUT2D eigenvalue weighted by molar-refractivity contribution is 0.589. The fraction of sp³-hybridized carbons (Fsp3) is 0.0455. The van der Waals surface area contributed by atoms with Gasteiger partial charge in [-0.2, -0.15) is 0 Å². The summed E-state index contributed by atoms with van der Waals surface area (Å²) in [5.74, 6) is 1.45. The molecule has 24 heavy (non-hydrogen) atoms. The van der Waals surface area contributed by atoms with E-state index in [9.17, 15) is 0 Å². The van der Waals surface area contributed by atoms with Crippen LogP contribution in [0.3, 0.4) is 0 Å². The van der Waals surface area contributed by atoms with Crippen LogP contribution in [0.1, 0.15) is 5.56 Å². The van der Waals surface area contributed by atoms with Crippen LogP contribution < -0.4 is 0 Å². The minimum absolute atomic E-state index is 0.649. The predicted octanol–water partition coefficient (Wildman–Crippen LogP) is 5.98. The lowest BCUT2D eigenvalue weighted by Gasteiger charge is -2.00. The molecule has 0 aliphatic rings. The number of oxazole rings is 1. The molecule has 0 spiro atoms. The van der Waals surface area contributed by atoms with Crippen LogP contribution in [0.25, 0.3) is 34.0 Å². The first-order valence-corrected chi connectivity index (χ1v) is 8.00. The first-order valence-electron chi connectivity index (χ1n) is 8.00. The van der Waals surface area contributed by atoms with Gasteiger partial charge in [0.05, 0.1) is 0 Å². The summed E-state index contributed by atoms with van der Waals surface area (Å²) in [6.45, 7) is 2.07. The summed E-state index contributed by atoms with van der Waals surface area (Å²) in [6, 6.07) is 28.5. The van der Waals surface area contributed by atoms with Crippen molar-refractivity contribution in [2.24, 2.45) is 0 Å². The monoisotopic (exact) mass is 311 g/mol. The fourth-order valence-corrected chi connectivity index (χ4v) is 2.80. The van der Waals surface area contributed by atoms with Crippen LogP contribution in [-0.4, -0.2) is 4.98 Å². The topological polar surface area (TPSA) is 26.0 Å². The zero-order valence-corrected chi connectivity index (χ0v) is 13.4. The predicted molar refractivity (Wildman–Crippen MR) is 97.5 cm³/mol. The molecular formula is C22H17NO. The Morgan fingerprint density at radius 2 is 1.29 bits per heavy atom. The number of hydrogen-bond donors (Lipinski definition) is 0. The SMILES string of the molecule is Cc1cccc(-c2nc(-c3ccccc3)c(-c3ccccc3)o2)c1. The molecule has 2 nitrogen and oxygen atoms in total. The lowest BCUT2D eigenvalue weighted by Crippen LogP contribution is -1.82. The summed E-state index contributed by atoms with van der Waals surface area (Å²) < 4.78 is 6.19. The van der Waals surface area contributed by atoms with Gasteiger partial charge >= 0.3 is 0 Å². The number of nitrogens with zero attached hydrogens (tertiary/aromatic N) is 1. The summed E-state index contributed by atoms with van der Waals surface area (Å²) in [6.07, 6.45) is 0. The van der Waals surface area contributed by atoms with Crippen molar-refractivity contribution in [1.82, 2.24) is 4.98 Å². The molecule has 0 radical (unpaired) electrons. The third-order valence-corrected chi connectivity index (χ3v) is 3.98. The molecule has 0 bridgehead atoms. The van der Waals surface area contributed by atoms with E-state index < -0.39 is 0 Å². The molecule has 0 amide bonds. The minimum atomic E-state index is 0.649. The Bertz CT molecular complexity index is 899. The highest BCUT2D eigenvalue weighted by Crippen LogP contribution is 2.35. The summed E-state index contributed by atoms with van der Waals surface area (Å²) in [7, 11) is 0. The summed E-state index contributed by atoms with van der Waals surface area (Å²) in [5, 5.41) is 0. The van der Waals surface area contributed by atoms with E-state index in [1.165, 1.54) is 5.56 Å². The Morgan fingerprint density at radius 1 is 0.667 bits per heavy atom. The van der Waals surface area contributed by atoms with Crippen LogP contribution in [0.4, 0.5) is 0 Å². The van der Waals surface area contributed by atoms with Crippen LogP contribution in [0, 0.1) is 6.92 Å². The van der Waals surface area contributed by atoms with Gasteiger partial charge in [0.1, 0.15) is 5.69 Å². The second-order valence-corrected chi connectivity index (χ2v) is 5.80. The fourth-order valence-electron chi connectivity index (χ4n) is 2.80. The Hall–Kier alpha value is -3.13. The van der Waals surface area contributed by atoms with Crippen LogP contribution in [0.15, 0.2) is 89.3 Å². The minimum Gasteiger partial charge on any atom is -0.435 e. The van der Waals surface area contributed by atoms with Gasteiger partial charge in [-0.15, -0.1) is 0 Å². The normalized spacial score (nSPS) is 10.7. The standard InChI is InChI=1S/C22H17NO/c1-16-9-8-14-19(15-16)22-23-20(17-10-4-2-5-11-17)21(24-22)18-12-6-3-7-13-18/h2-15H,1H3. The first kappa shape index (κ1) is 14.5. The van der Waals surface area contributed by atoms with Crippen molar-refractivity contribution in [1.29, 1.82) is 0 Å². The van der Waals surface area contributed by atoms with E-state index in [2.05, 4.69) is 31.2 Å². The molecule has 4 aromatic rings. The van der Waals surface area contributed by atoms with Crippen molar-refractivity contribution in [2.75, 3.05) is 0 Å². The van der Waals surface area contributed by atoms with E-state index in [1.807, 2.05) is 60.7 Å². The van der Waals surface area contributed by atoms with Gasteiger partial charge in [0.2, 0.25) is 5.89 Å². The van der Waals surface area contributed by atoms with Gasteiger partial charge in [-0.05, 0) is 19.1 Å². The molecule has 0 unspecified atom stereocenters. The lowest BCUT2D eigenvalue weighted by atomic mass is 10.1. The first-order chi connectivity index (χ1) is 11.8. The van der Waals surface area contributed by atoms with Gasteiger partial charge in [-0.25, -0.2) is 4.98 Å². The van der Waals surface area contributed by atoms with Crippen LogP contribution in [0.2, 0.25) is 0 Å². The summed E-state index contributed by atoms with van der Waals surface area (Å²) in [4.78, 5) is 4.80. The zero-order valence-electron chi connectivity index (χ0n) is 13.4. The Balaban J connectivity index is 1.91. The second-order valence-electron chi connectivity index (χ2n) is 5.80. The molecule has 0 aliphatic carbocycles. The van der Waals surface area contributed by atoms with Gasteiger partial charge in [-0.1, -0.05) is 78.4 Å². The van der Waals surface area contributed by atoms with Crippen LogP contribution >= 0.6 is 0 Å². The largest absolute Gasteiger partial charge is 0.435 e. The van der Waals surface area contributed by atoms with E-state index in [-0.39, 0.29) is 0 Å². The molecule has 0 N–H and O–H groups in total. The van der Waals surface area contributed by atoms with Crippen molar-refractivity contribution in [2.45, 2.75) is 6.92 Å². The Labute approximate surface area is 141 Å². The van der Waals surface area contributed by atoms with E-state index in [1.54, 1.807) is 0 Å². The average Bonchev–Trinajstić information content (AvgIpc) is 3.09. The molecule has 2 heteroatoms. The van der Waals surface area contributed by atoms with Crippen molar-refractivity contribution < 1.29 is 4.42 Å². The summed E-state index contributed by atoms with van der Waals surface area (Å²) in [5.41, 5.74) is 5.14. The smallest absolute Gasteiger partial charge is 0.227 e. The molecule has 0 atom stereocenters. The van der Waals surface area contributed by atoms with Crippen LogP contribution in [-0.2, 0) is 0 Å². The second kappa shape index (κ2) is 6.17. The molecule has 0 saturated heterocycles. The molecule has 116 valence electrons. The number of aromatic nitrogens is 1. The molecule has 0 fully saturated rings. The van der Waals surface area contributed by atoms with Crippen molar-refractivity contribution >= 4 is 0 Å². The van der Waals surface area contributed by atoms with Gasteiger partial charge < -0.3 is 4.42 Å². The molecule has 0 saturated carbocycles. The quantitative estimate of drug-likeness (QED) is 0.465. The highest BCUT2D eigenvalue weighted by atomic mass is 16.4. The molecule has 1 heterocycles. The molecule has 4 rings (SSSR count). The number of benzene rings is 3. The Morgan fingerprint density at radius 3 is 1.96 bits per heavy atom. The summed E-state index contributed by atoms with van der Waals surface area (Å²) >= 11 is 0. The maximum absolute atomic E-state index is 6.19. The number of hydrogen-bond acceptors (Lipinski definition) is 2. The highest BCUT2D eigenvalue weighted by molar-refractivity contribution is 5.79. The zero-order chi connectivity index (χ0) is 16.4. The van der Waals surface area contributed by atoms with E-state index >= 15 is 0 Å². The van der Waals surface area contributed by atoms with Gasteiger partial charge in [0.25, 0.3) is 0 Å². The third kappa shape index (κ3) is 2.74. The van der Waals surface area contributed by atoms with E-state index in [4.69, 9.17) is 9.40 Å². The average molecular weight is 311 g/mol. The highest BCUT2D eigenvalue weighted by Gasteiger charge is 2.17. The van der Waals surface area contributed by atoms with Gasteiger partial charge in [-0.3, -0.25) is 0 Å². The van der Waals surface area contributed by atoms with E-state index in [0.29, 0.717) is 5.89 Å². The van der Waals surface area contributed by atoms with Gasteiger partial charge in [0.15, 0.2) is 5.76 Å². The van der Waals surface area contributed by atoms with E-state index in [0.717, 1.165) is 28.1 Å². The molecule has 3 aromatic carbocycles. The Kier molecular flexibility index (Phi) is 3.72. The number of aryl methyl sites for hydroxylation is 1.